The summed E-state index contributed by atoms with van der Waals surface area (Å²) in [5.74, 6) is 1.26. The molecule has 0 spiro atoms. The van der Waals surface area contributed by atoms with Gasteiger partial charge in [0.2, 0.25) is 0 Å². The van der Waals surface area contributed by atoms with Crippen LogP contribution < -0.4 is 11.2 Å². The second-order valence-corrected chi connectivity index (χ2v) is 4.60. The minimum absolute atomic E-state index is 0.00454. The molecule has 2 N–H and O–H groups in total. The molecule has 0 aliphatic rings. The highest BCUT2D eigenvalue weighted by atomic mass is 15.3. The van der Waals surface area contributed by atoms with Gasteiger partial charge in [0.05, 0.1) is 11.6 Å². The average Bonchev–Trinajstić information content (AvgIpc) is 2.81. The molecule has 19 heavy (non-hydrogen) atoms. The largest absolute Gasteiger partial charge is 0.382 e. The van der Waals surface area contributed by atoms with Crippen LogP contribution in [0.15, 0.2) is 30.5 Å². The van der Waals surface area contributed by atoms with Crippen molar-refractivity contribution in [3.63, 3.8) is 0 Å². The Morgan fingerprint density at radius 2 is 1.95 bits per heavy atom. The van der Waals surface area contributed by atoms with Gasteiger partial charge in [0.15, 0.2) is 5.65 Å². The van der Waals surface area contributed by atoms with Crippen molar-refractivity contribution < 1.29 is 0 Å². The lowest BCUT2D eigenvalue weighted by molar-refractivity contribution is 0.752. The molecule has 0 fully saturated rings. The van der Waals surface area contributed by atoms with Crippen LogP contribution in [-0.2, 0) is 0 Å². The molecule has 3 aromatic rings. The number of nitrogen functional groups attached to an aromatic ring is 1. The Bertz CT molecular complexity index is 721. The summed E-state index contributed by atoms with van der Waals surface area (Å²) in [6.45, 7) is 2.03. The minimum Gasteiger partial charge on any atom is -0.382 e. The van der Waals surface area contributed by atoms with Gasteiger partial charge in [-0.15, -0.1) is 15.3 Å². The summed E-state index contributed by atoms with van der Waals surface area (Å²) >= 11 is 0. The molecule has 3 aromatic heterocycles. The molecule has 0 saturated heterocycles. The van der Waals surface area contributed by atoms with Crippen molar-refractivity contribution in [3.8, 4) is 0 Å². The summed E-state index contributed by atoms with van der Waals surface area (Å²) in [5.41, 5.74) is 8.36. The number of nitrogens with zero attached hydrogens (tertiary/aromatic N) is 5. The average molecular weight is 252 g/mol. The predicted octanol–water partition coefficient (Wildman–Crippen LogP) is -0.488. The number of rotatable bonds is 2. The Morgan fingerprint density at radius 3 is 2.68 bits per heavy atom. The summed E-state index contributed by atoms with van der Waals surface area (Å²) < 4.78 is 1.98. The fraction of sp³-hybridized carbons (Fsp3) is 0.167. The van der Waals surface area contributed by atoms with Gasteiger partial charge in [-0.2, -0.15) is 5.10 Å². The van der Waals surface area contributed by atoms with Crippen molar-refractivity contribution in [3.05, 3.63) is 42.0 Å². The molecule has 0 aliphatic heterocycles. The van der Waals surface area contributed by atoms with E-state index in [-0.39, 0.29) is 5.92 Å². The monoisotopic (exact) mass is 252 g/mol. The van der Waals surface area contributed by atoms with E-state index >= 15 is 0 Å². The number of hydrogen-bond donors (Lipinski definition) is 1. The molecule has 0 bridgehead atoms. The van der Waals surface area contributed by atoms with E-state index in [4.69, 9.17) is 5.73 Å². The van der Waals surface area contributed by atoms with Crippen molar-refractivity contribution in [1.82, 2.24) is 24.8 Å². The Labute approximate surface area is 111 Å². The van der Waals surface area contributed by atoms with Crippen molar-refractivity contribution in [2.75, 3.05) is 5.73 Å². The van der Waals surface area contributed by atoms with Crippen LogP contribution in [0.3, 0.4) is 0 Å². The van der Waals surface area contributed by atoms with Gasteiger partial charge in [0, 0.05) is 6.20 Å². The number of fused-ring (bicyclic) bond motifs is 1. The van der Waals surface area contributed by atoms with Crippen LogP contribution in [0.2, 0.25) is 0 Å². The summed E-state index contributed by atoms with van der Waals surface area (Å²) in [6, 6.07) is 7.58. The van der Waals surface area contributed by atoms with Crippen LogP contribution in [0.1, 0.15) is 24.4 Å². The summed E-state index contributed by atoms with van der Waals surface area (Å²) in [4.78, 5) is 0. The van der Waals surface area contributed by atoms with Gasteiger partial charge in [-0.25, -0.2) is 0 Å². The number of pyridine rings is 1. The predicted molar refractivity (Wildman–Crippen MR) is 75.1 cm³/mol. The highest BCUT2D eigenvalue weighted by Crippen LogP contribution is 2.20. The third-order valence-electron chi connectivity index (χ3n) is 3.11. The standard InChI is InChI=1S/C12H13BN6/c1-7(9-3-4-10(14)16-15-9)12-18-17-11-5-2-8(13)6-19(11)12/h2-7H,13H2,1H3,(H2,14,16). The van der Waals surface area contributed by atoms with Crippen molar-refractivity contribution in [2.24, 2.45) is 0 Å². The zero-order valence-corrected chi connectivity index (χ0v) is 10.8. The molecular formula is C12H13BN6. The van der Waals surface area contributed by atoms with Crippen LogP contribution in [0.25, 0.3) is 5.65 Å². The zero-order valence-electron chi connectivity index (χ0n) is 10.8. The van der Waals surface area contributed by atoms with Gasteiger partial charge in [0.25, 0.3) is 0 Å². The van der Waals surface area contributed by atoms with E-state index in [9.17, 15) is 0 Å². The molecule has 1 unspecified atom stereocenters. The molecule has 3 heterocycles. The highest BCUT2D eigenvalue weighted by molar-refractivity contribution is 6.32. The number of hydrogen-bond acceptors (Lipinski definition) is 5. The number of nitrogens with two attached hydrogens (primary N) is 1. The number of aromatic nitrogens is 5. The molecule has 3 rings (SSSR count). The van der Waals surface area contributed by atoms with Crippen molar-refractivity contribution >= 4 is 24.8 Å². The van der Waals surface area contributed by atoms with E-state index in [1.54, 1.807) is 6.07 Å². The van der Waals surface area contributed by atoms with Crippen molar-refractivity contribution in [2.45, 2.75) is 12.8 Å². The third kappa shape index (κ3) is 2.03. The number of anilines is 1. The van der Waals surface area contributed by atoms with Gasteiger partial charge in [-0.05, 0) is 25.1 Å². The lowest BCUT2D eigenvalue weighted by Gasteiger charge is -2.08. The summed E-state index contributed by atoms with van der Waals surface area (Å²) in [6.07, 6.45) is 2.02. The van der Waals surface area contributed by atoms with Crippen LogP contribution in [0.4, 0.5) is 5.82 Å². The second kappa shape index (κ2) is 4.35. The SMILES string of the molecule is Bc1ccc2nnc(C(C)c3ccc(N)nn3)n2c1. The molecule has 0 radical (unpaired) electrons. The zero-order chi connectivity index (χ0) is 13.4. The molecule has 0 saturated carbocycles. The third-order valence-corrected chi connectivity index (χ3v) is 3.11. The van der Waals surface area contributed by atoms with Gasteiger partial charge >= 0.3 is 0 Å². The van der Waals surface area contributed by atoms with Crippen LogP contribution in [0, 0.1) is 0 Å². The smallest absolute Gasteiger partial charge is 0.160 e. The Hall–Kier alpha value is -2.44. The molecule has 6 nitrogen and oxygen atoms in total. The van der Waals surface area contributed by atoms with Crippen LogP contribution in [0.5, 0.6) is 0 Å². The Morgan fingerprint density at radius 1 is 1.11 bits per heavy atom. The molecule has 0 aliphatic carbocycles. The molecule has 7 heteroatoms. The fourth-order valence-electron chi connectivity index (χ4n) is 2.03. The summed E-state index contributed by atoms with van der Waals surface area (Å²) in [5, 5.41) is 16.4. The topological polar surface area (TPSA) is 82.0 Å². The van der Waals surface area contributed by atoms with Gasteiger partial charge in [0.1, 0.15) is 19.5 Å². The highest BCUT2D eigenvalue weighted by Gasteiger charge is 2.17. The van der Waals surface area contributed by atoms with E-state index in [0.29, 0.717) is 5.82 Å². The maximum Gasteiger partial charge on any atom is 0.160 e. The van der Waals surface area contributed by atoms with Crippen LogP contribution in [-0.4, -0.2) is 32.6 Å². The fourth-order valence-corrected chi connectivity index (χ4v) is 2.03. The molecule has 0 aromatic carbocycles. The van der Waals surface area contributed by atoms with E-state index in [2.05, 4.69) is 20.4 Å². The van der Waals surface area contributed by atoms with Gasteiger partial charge < -0.3 is 5.73 Å². The Balaban J connectivity index is 2.08. The van der Waals surface area contributed by atoms with E-state index in [0.717, 1.165) is 22.6 Å². The molecular weight excluding hydrogens is 239 g/mol. The lowest BCUT2D eigenvalue weighted by Crippen LogP contribution is -2.10. The molecule has 94 valence electrons. The lowest BCUT2D eigenvalue weighted by atomic mass is 9.99. The van der Waals surface area contributed by atoms with E-state index < -0.39 is 0 Å². The van der Waals surface area contributed by atoms with E-state index in [1.807, 2.05) is 43.6 Å². The van der Waals surface area contributed by atoms with E-state index in [1.165, 1.54) is 0 Å². The van der Waals surface area contributed by atoms with Crippen molar-refractivity contribution in [1.29, 1.82) is 0 Å². The quantitative estimate of drug-likeness (QED) is 0.622. The second-order valence-electron chi connectivity index (χ2n) is 4.60. The summed E-state index contributed by atoms with van der Waals surface area (Å²) in [7, 11) is 2.04. The maximum atomic E-state index is 5.55. The van der Waals surface area contributed by atoms with Gasteiger partial charge in [-0.3, -0.25) is 4.40 Å². The molecule has 1 atom stereocenters. The first-order valence-corrected chi connectivity index (χ1v) is 6.05. The first kappa shape index (κ1) is 11.6. The maximum absolute atomic E-state index is 5.55. The first-order valence-electron chi connectivity index (χ1n) is 6.05. The molecule has 0 amide bonds. The van der Waals surface area contributed by atoms with Crippen LogP contribution >= 0.6 is 0 Å². The first-order chi connectivity index (χ1) is 9.15. The Kier molecular flexibility index (Phi) is 2.66. The minimum atomic E-state index is 0.00454. The van der Waals surface area contributed by atoms with Gasteiger partial charge in [-0.1, -0.05) is 11.5 Å². The normalized spacial score (nSPS) is 12.7.